The third-order valence-corrected chi connectivity index (χ3v) is 9.14. The van der Waals surface area contributed by atoms with Crippen molar-refractivity contribution in [1.82, 2.24) is 15.1 Å². The Kier molecular flexibility index (Phi) is 11.2. The van der Waals surface area contributed by atoms with E-state index in [0.717, 1.165) is 10.9 Å². The maximum Gasteiger partial charge on any atom is 0.325 e. The number of hydrogen-bond acceptors (Lipinski definition) is 7. The molecule has 1 atom stereocenters. The number of amides is 2. The minimum Gasteiger partial charge on any atom is -0.468 e. The second kappa shape index (κ2) is 14.9. The Bertz CT molecular complexity index is 1570. The summed E-state index contributed by atoms with van der Waals surface area (Å²) >= 11 is 12.7. The van der Waals surface area contributed by atoms with Gasteiger partial charge in [-0.25, -0.2) is 0 Å². The number of rotatable bonds is 12. The molecular weight excluding hydrogens is 601 g/mol. The number of ether oxygens (including phenoxy) is 1. The first-order valence-corrected chi connectivity index (χ1v) is 15.4. The Morgan fingerprint density at radius 1 is 1.11 bits per heavy atom. The van der Waals surface area contributed by atoms with Crippen LogP contribution in [0.5, 0.6) is 0 Å². The van der Waals surface area contributed by atoms with E-state index in [1.807, 2.05) is 37.3 Å². The lowest BCUT2D eigenvalue weighted by molar-refractivity contribution is -0.141. The number of nitrogens with two attached hydrogens (primary N) is 1. The quantitative estimate of drug-likeness (QED) is 0.275. The number of esters is 1. The molecule has 44 heavy (non-hydrogen) atoms. The monoisotopic (exact) mass is 637 g/mol. The largest absolute Gasteiger partial charge is 0.468 e. The SMILES string of the molecule is CCNC1(C(N)=O)CCN(CCC(CN(CC(=O)OC)C(=O)c2cc(C#N)cc3ccccc23)c2ccc(Cl)c(Cl)c2)CC1. The number of likely N-dealkylation sites (tertiary alicyclic amines) is 1. The smallest absolute Gasteiger partial charge is 0.325 e. The van der Waals surface area contributed by atoms with E-state index in [1.54, 1.807) is 24.3 Å². The van der Waals surface area contributed by atoms with Crippen LogP contribution in [0, 0.1) is 11.3 Å². The lowest BCUT2D eigenvalue weighted by Crippen LogP contribution is -2.60. The fourth-order valence-electron chi connectivity index (χ4n) is 5.90. The molecule has 1 aliphatic heterocycles. The van der Waals surface area contributed by atoms with Crippen molar-refractivity contribution in [3.63, 3.8) is 0 Å². The zero-order valence-electron chi connectivity index (χ0n) is 24.9. The van der Waals surface area contributed by atoms with Gasteiger partial charge in [0.2, 0.25) is 5.91 Å². The van der Waals surface area contributed by atoms with Gasteiger partial charge < -0.3 is 25.6 Å². The van der Waals surface area contributed by atoms with Gasteiger partial charge in [-0.3, -0.25) is 14.4 Å². The average molecular weight is 639 g/mol. The van der Waals surface area contributed by atoms with Crippen molar-refractivity contribution in [2.24, 2.45) is 5.73 Å². The Morgan fingerprint density at radius 2 is 1.84 bits per heavy atom. The van der Waals surface area contributed by atoms with E-state index >= 15 is 0 Å². The van der Waals surface area contributed by atoms with Crippen molar-refractivity contribution in [3.05, 3.63) is 81.3 Å². The van der Waals surface area contributed by atoms with E-state index in [9.17, 15) is 19.6 Å². The van der Waals surface area contributed by atoms with Crippen LogP contribution in [-0.4, -0.2) is 79.5 Å². The molecule has 0 radical (unpaired) electrons. The number of nitrogens with one attached hydrogen (secondary N) is 1. The van der Waals surface area contributed by atoms with Gasteiger partial charge in [0.15, 0.2) is 0 Å². The maximum absolute atomic E-state index is 14.2. The number of nitriles is 1. The van der Waals surface area contributed by atoms with Gasteiger partial charge >= 0.3 is 5.97 Å². The molecule has 4 rings (SSSR count). The van der Waals surface area contributed by atoms with Crippen molar-refractivity contribution in [1.29, 1.82) is 5.26 Å². The van der Waals surface area contributed by atoms with Gasteiger partial charge in [-0.1, -0.05) is 60.5 Å². The van der Waals surface area contributed by atoms with Crippen LogP contribution in [0.15, 0.2) is 54.6 Å². The molecule has 3 aromatic rings. The van der Waals surface area contributed by atoms with Gasteiger partial charge in [0.1, 0.15) is 12.1 Å². The molecule has 0 bridgehead atoms. The number of fused-ring (bicyclic) bond motifs is 1. The van der Waals surface area contributed by atoms with Crippen LogP contribution < -0.4 is 11.1 Å². The molecule has 3 aromatic carbocycles. The minimum atomic E-state index is -0.709. The molecule has 232 valence electrons. The van der Waals surface area contributed by atoms with E-state index in [2.05, 4.69) is 16.3 Å². The van der Waals surface area contributed by atoms with Gasteiger partial charge in [-0.15, -0.1) is 0 Å². The van der Waals surface area contributed by atoms with Crippen LogP contribution in [0.3, 0.4) is 0 Å². The molecule has 1 heterocycles. The molecule has 11 heteroatoms. The fourth-order valence-corrected chi connectivity index (χ4v) is 6.21. The van der Waals surface area contributed by atoms with Crippen molar-refractivity contribution >= 4 is 51.8 Å². The van der Waals surface area contributed by atoms with Crippen molar-refractivity contribution in [2.75, 3.05) is 46.4 Å². The highest BCUT2D eigenvalue weighted by atomic mass is 35.5. The molecule has 1 fully saturated rings. The Labute approximate surface area is 267 Å². The molecule has 0 aliphatic carbocycles. The summed E-state index contributed by atoms with van der Waals surface area (Å²) in [6.07, 6.45) is 1.83. The summed E-state index contributed by atoms with van der Waals surface area (Å²) in [5.41, 5.74) is 6.60. The summed E-state index contributed by atoms with van der Waals surface area (Å²) in [4.78, 5) is 42.7. The number of piperidine rings is 1. The number of carbonyl (C=O) groups is 3. The summed E-state index contributed by atoms with van der Waals surface area (Å²) in [6.45, 7) is 4.57. The highest BCUT2D eigenvalue weighted by Crippen LogP contribution is 2.31. The molecule has 0 spiro atoms. The molecule has 0 saturated carbocycles. The first-order chi connectivity index (χ1) is 21.1. The average Bonchev–Trinajstić information content (AvgIpc) is 3.03. The Balaban J connectivity index is 1.63. The van der Waals surface area contributed by atoms with Crippen molar-refractivity contribution in [2.45, 2.75) is 37.6 Å². The van der Waals surface area contributed by atoms with Gasteiger partial charge in [-0.05, 0) is 73.0 Å². The topological polar surface area (TPSA) is 129 Å². The maximum atomic E-state index is 14.2. The first-order valence-electron chi connectivity index (χ1n) is 14.6. The molecule has 9 nitrogen and oxygen atoms in total. The third kappa shape index (κ3) is 7.69. The van der Waals surface area contributed by atoms with Crippen LogP contribution in [0.25, 0.3) is 10.8 Å². The number of benzene rings is 3. The van der Waals surface area contributed by atoms with Crippen molar-refractivity contribution < 1.29 is 19.1 Å². The number of halogens is 2. The zero-order chi connectivity index (χ0) is 31.9. The molecule has 1 saturated heterocycles. The van der Waals surface area contributed by atoms with Crippen LogP contribution in [0.2, 0.25) is 10.0 Å². The van der Waals surface area contributed by atoms with Crippen molar-refractivity contribution in [3.8, 4) is 6.07 Å². The Morgan fingerprint density at radius 3 is 2.48 bits per heavy atom. The van der Waals surface area contributed by atoms with Crippen LogP contribution >= 0.6 is 23.2 Å². The van der Waals surface area contributed by atoms with E-state index in [-0.39, 0.29) is 30.8 Å². The number of methoxy groups -OCH3 is 1. The lowest BCUT2D eigenvalue weighted by Gasteiger charge is -2.40. The summed E-state index contributed by atoms with van der Waals surface area (Å²) in [6, 6.07) is 18.2. The normalized spacial score (nSPS) is 15.3. The number of carbonyl (C=O) groups excluding carboxylic acids is 3. The molecule has 1 unspecified atom stereocenters. The summed E-state index contributed by atoms with van der Waals surface area (Å²) < 4.78 is 4.96. The first kappa shape index (κ1) is 33.2. The second-order valence-electron chi connectivity index (χ2n) is 11.1. The standard InChI is InChI=1S/C33H37Cl2N5O4/c1-3-38-33(32(37)43)11-14-39(15-12-33)13-10-25(23-8-9-28(34)29(35)18-23)20-40(21-30(41)44-2)31(42)27-17-22(19-36)16-24-6-4-5-7-26(24)27/h4-9,16-18,25,38H,3,10-15,20-21H2,1-2H3,(H2,37,43). The number of hydrogen-bond donors (Lipinski definition) is 2. The van der Waals surface area contributed by atoms with Gasteiger partial charge in [-0.2, -0.15) is 5.26 Å². The van der Waals surface area contributed by atoms with E-state index in [0.29, 0.717) is 72.0 Å². The predicted molar refractivity (Wildman–Crippen MR) is 172 cm³/mol. The van der Waals surface area contributed by atoms with E-state index in [1.165, 1.54) is 12.0 Å². The molecule has 1 aliphatic rings. The van der Waals surface area contributed by atoms with Crippen LogP contribution in [-0.2, 0) is 14.3 Å². The highest BCUT2D eigenvalue weighted by molar-refractivity contribution is 6.42. The van der Waals surface area contributed by atoms with Crippen LogP contribution in [0.4, 0.5) is 0 Å². The summed E-state index contributed by atoms with van der Waals surface area (Å²) in [5.74, 6) is -1.50. The number of primary amides is 1. The molecule has 3 N–H and O–H groups in total. The minimum absolute atomic E-state index is 0.188. The number of nitrogens with zero attached hydrogens (tertiary/aromatic N) is 3. The summed E-state index contributed by atoms with van der Waals surface area (Å²) in [7, 11) is 1.28. The zero-order valence-corrected chi connectivity index (χ0v) is 26.5. The van der Waals surface area contributed by atoms with E-state index < -0.39 is 11.5 Å². The molecule has 0 aromatic heterocycles. The Hall–Kier alpha value is -3.68. The number of likely N-dealkylation sites (N-methyl/N-ethyl adjacent to an activating group) is 1. The summed E-state index contributed by atoms with van der Waals surface area (Å²) in [5, 5.41) is 15.2. The highest BCUT2D eigenvalue weighted by Gasteiger charge is 2.39. The van der Waals surface area contributed by atoms with Gasteiger partial charge in [0.05, 0.1) is 28.8 Å². The second-order valence-corrected chi connectivity index (χ2v) is 11.9. The molecular formula is C33H37Cl2N5O4. The third-order valence-electron chi connectivity index (χ3n) is 8.40. The predicted octanol–water partition coefficient (Wildman–Crippen LogP) is 4.74. The van der Waals surface area contributed by atoms with Crippen LogP contribution in [0.1, 0.15) is 53.6 Å². The van der Waals surface area contributed by atoms with E-state index in [4.69, 9.17) is 33.7 Å². The van der Waals surface area contributed by atoms with Gasteiger partial charge in [0.25, 0.3) is 5.91 Å². The lowest BCUT2D eigenvalue weighted by atomic mass is 9.86. The fraction of sp³-hybridized carbons (Fsp3) is 0.394. The molecule has 2 amide bonds. The van der Waals surface area contributed by atoms with Gasteiger partial charge in [0, 0.05) is 31.1 Å².